The van der Waals surface area contributed by atoms with Crippen molar-refractivity contribution in [3.05, 3.63) is 34.9 Å². The summed E-state index contributed by atoms with van der Waals surface area (Å²) in [5.74, 6) is -2.49. The normalized spacial score (nSPS) is 12.2. The molecule has 0 aliphatic heterocycles. The zero-order chi connectivity index (χ0) is 16.4. The first-order chi connectivity index (χ1) is 9.45. The Kier molecular flexibility index (Phi) is 4.96. The van der Waals surface area contributed by atoms with E-state index in [1.54, 1.807) is 6.07 Å². The monoisotopic (exact) mass is 310 g/mol. The third-order valence-corrected chi connectivity index (χ3v) is 8.43. The number of carboxylic acid groups (broad SMARTS) is 2. The first-order valence-electron chi connectivity index (χ1n) is 6.69. The molecule has 0 fully saturated rings. The first kappa shape index (κ1) is 17.4. The molecule has 1 aromatic carbocycles. The minimum atomic E-state index is -1.93. The highest BCUT2D eigenvalue weighted by atomic mass is 28.4. The van der Waals surface area contributed by atoms with Gasteiger partial charge in [0, 0.05) is 0 Å². The number of carbonyl (C=O) groups is 2. The van der Waals surface area contributed by atoms with E-state index in [0.717, 1.165) is 0 Å². The fourth-order valence-corrected chi connectivity index (χ4v) is 2.49. The van der Waals surface area contributed by atoms with Crippen molar-refractivity contribution in [2.24, 2.45) is 0 Å². The predicted molar refractivity (Wildman–Crippen MR) is 82.3 cm³/mol. The third kappa shape index (κ3) is 4.15. The van der Waals surface area contributed by atoms with Gasteiger partial charge in [0.2, 0.25) is 0 Å². The summed E-state index contributed by atoms with van der Waals surface area (Å²) in [5, 5.41) is 18.1. The molecule has 0 amide bonds. The lowest BCUT2D eigenvalue weighted by Crippen LogP contribution is -2.40. The van der Waals surface area contributed by atoms with Crippen LogP contribution in [0, 0.1) is 0 Å². The second-order valence-corrected chi connectivity index (χ2v) is 11.3. The van der Waals surface area contributed by atoms with Gasteiger partial charge in [0.15, 0.2) is 8.32 Å². The maximum absolute atomic E-state index is 11.1. The van der Waals surface area contributed by atoms with Crippen molar-refractivity contribution in [3.8, 4) is 0 Å². The van der Waals surface area contributed by atoms with Gasteiger partial charge in [0.1, 0.15) is 0 Å². The summed E-state index contributed by atoms with van der Waals surface area (Å²) in [5.41, 5.74) is 0.250. The highest BCUT2D eigenvalue weighted by molar-refractivity contribution is 6.74. The maximum atomic E-state index is 11.1. The molecular weight excluding hydrogens is 288 g/mol. The predicted octanol–water partition coefficient (Wildman–Crippen LogP) is 3.60. The van der Waals surface area contributed by atoms with E-state index in [0.29, 0.717) is 5.56 Å². The quantitative estimate of drug-likeness (QED) is 0.812. The molecule has 0 atom stereocenters. The van der Waals surface area contributed by atoms with Crippen molar-refractivity contribution in [3.63, 3.8) is 0 Å². The average Bonchev–Trinajstić information content (AvgIpc) is 2.34. The minimum Gasteiger partial charge on any atom is -0.478 e. The van der Waals surface area contributed by atoms with Crippen LogP contribution in [-0.2, 0) is 11.0 Å². The number of benzene rings is 1. The van der Waals surface area contributed by atoms with Gasteiger partial charge in [-0.05, 0) is 35.8 Å². The molecule has 2 N–H and O–H groups in total. The van der Waals surface area contributed by atoms with Crippen molar-refractivity contribution < 1.29 is 24.2 Å². The van der Waals surface area contributed by atoms with E-state index in [1.165, 1.54) is 12.1 Å². The van der Waals surface area contributed by atoms with Crippen LogP contribution in [0.4, 0.5) is 0 Å². The van der Waals surface area contributed by atoms with E-state index in [1.807, 2.05) is 0 Å². The Morgan fingerprint density at radius 2 is 1.62 bits per heavy atom. The number of hydrogen-bond donors (Lipinski definition) is 2. The molecule has 6 heteroatoms. The maximum Gasteiger partial charge on any atom is 0.336 e. The second kappa shape index (κ2) is 5.99. The topological polar surface area (TPSA) is 83.8 Å². The van der Waals surface area contributed by atoms with E-state index in [-0.39, 0.29) is 22.8 Å². The van der Waals surface area contributed by atoms with Gasteiger partial charge in [-0.25, -0.2) is 9.59 Å². The molecule has 0 saturated carbocycles. The fraction of sp³-hybridized carbons (Fsp3) is 0.467. The van der Waals surface area contributed by atoms with Crippen molar-refractivity contribution >= 4 is 20.3 Å². The van der Waals surface area contributed by atoms with Crippen LogP contribution in [0.2, 0.25) is 18.1 Å². The molecule has 1 aromatic rings. The standard InChI is InChI=1S/C15H22O5Si/c1-15(2,3)21(4,5)20-9-10-6-7-11(13(16)17)12(8-10)14(18)19/h6-8H,9H2,1-5H3,(H,16,17)(H,18,19). The highest BCUT2D eigenvalue weighted by Gasteiger charge is 2.37. The molecule has 0 bridgehead atoms. The molecule has 0 saturated heterocycles. The molecule has 0 aliphatic rings. The lowest BCUT2D eigenvalue weighted by Gasteiger charge is -2.36. The summed E-state index contributed by atoms with van der Waals surface area (Å²) < 4.78 is 6.01. The molecular formula is C15H22O5Si. The van der Waals surface area contributed by atoms with E-state index in [2.05, 4.69) is 33.9 Å². The molecule has 21 heavy (non-hydrogen) atoms. The Morgan fingerprint density at radius 3 is 2.05 bits per heavy atom. The lowest BCUT2D eigenvalue weighted by molar-refractivity contribution is 0.0651. The van der Waals surface area contributed by atoms with Crippen LogP contribution < -0.4 is 0 Å². The van der Waals surface area contributed by atoms with Gasteiger partial charge in [-0.1, -0.05) is 26.8 Å². The Hall–Kier alpha value is -1.66. The van der Waals surface area contributed by atoms with Crippen molar-refractivity contribution in [2.75, 3.05) is 0 Å². The van der Waals surface area contributed by atoms with Crippen molar-refractivity contribution in [2.45, 2.75) is 45.5 Å². The summed E-state index contributed by atoms with van der Waals surface area (Å²) in [6, 6.07) is 4.29. The second-order valence-electron chi connectivity index (χ2n) is 6.54. The number of rotatable bonds is 5. The summed E-state index contributed by atoms with van der Waals surface area (Å²) in [6.45, 7) is 10.9. The zero-order valence-electron chi connectivity index (χ0n) is 13.1. The Labute approximate surface area is 125 Å². The van der Waals surface area contributed by atoms with Crippen molar-refractivity contribution in [1.29, 1.82) is 0 Å². The Balaban J connectivity index is 2.99. The summed E-state index contributed by atoms with van der Waals surface area (Å²) >= 11 is 0. The number of carboxylic acids is 2. The van der Waals surface area contributed by atoms with E-state index in [9.17, 15) is 9.59 Å². The minimum absolute atomic E-state index is 0.0592. The summed E-state index contributed by atoms with van der Waals surface area (Å²) in [6.07, 6.45) is 0. The molecule has 0 unspecified atom stereocenters. The van der Waals surface area contributed by atoms with Gasteiger partial charge in [-0.15, -0.1) is 0 Å². The van der Waals surface area contributed by atoms with Gasteiger partial charge in [0.05, 0.1) is 17.7 Å². The SMILES string of the molecule is CC(C)(C)[Si](C)(C)OCc1ccc(C(=O)O)c(C(=O)O)c1. The van der Waals surface area contributed by atoms with Gasteiger partial charge >= 0.3 is 11.9 Å². The third-order valence-electron chi connectivity index (χ3n) is 3.95. The van der Waals surface area contributed by atoms with Gasteiger partial charge in [0.25, 0.3) is 0 Å². The highest BCUT2D eigenvalue weighted by Crippen LogP contribution is 2.37. The molecule has 0 aliphatic carbocycles. The van der Waals surface area contributed by atoms with Crippen LogP contribution in [0.3, 0.4) is 0 Å². The molecule has 1 rings (SSSR count). The zero-order valence-corrected chi connectivity index (χ0v) is 14.1. The molecule has 0 aromatic heterocycles. The molecule has 5 nitrogen and oxygen atoms in total. The number of hydrogen-bond acceptors (Lipinski definition) is 3. The fourth-order valence-electron chi connectivity index (χ4n) is 1.52. The van der Waals surface area contributed by atoms with Gasteiger partial charge < -0.3 is 14.6 Å². The Bertz CT molecular complexity index is 558. The Morgan fingerprint density at radius 1 is 1.10 bits per heavy atom. The smallest absolute Gasteiger partial charge is 0.336 e. The first-order valence-corrected chi connectivity index (χ1v) is 9.60. The molecule has 0 radical (unpaired) electrons. The van der Waals surface area contributed by atoms with Crippen molar-refractivity contribution in [1.82, 2.24) is 0 Å². The average molecular weight is 310 g/mol. The number of aromatic carboxylic acids is 2. The van der Waals surface area contributed by atoms with Crippen LogP contribution in [0.15, 0.2) is 18.2 Å². The van der Waals surface area contributed by atoms with Crippen LogP contribution >= 0.6 is 0 Å². The van der Waals surface area contributed by atoms with E-state index >= 15 is 0 Å². The van der Waals surface area contributed by atoms with Gasteiger partial charge in [-0.2, -0.15) is 0 Å². The molecule has 0 heterocycles. The van der Waals surface area contributed by atoms with Gasteiger partial charge in [-0.3, -0.25) is 0 Å². The molecule has 0 spiro atoms. The summed E-state index contributed by atoms with van der Waals surface area (Å²) in [4.78, 5) is 22.1. The van der Waals surface area contributed by atoms with Crippen LogP contribution in [0.25, 0.3) is 0 Å². The lowest BCUT2D eigenvalue weighted by atomic mass is 10.0. The van der Waals surface area contributed by atoms with Crippen LogP contribution in [0.1, 0.15) is 47.1 Å². The summed E-state index contributed by atoms with van der Waals surface area (Å²) in [7, 11) is -1.93. The van der Waals surface area contributed by atoms with E-state index < -0.39 is 20.3 Å². The molecule has 116 valence electrons. The van der Waals surface area contributed by atoms with Crippen LogP contribution in [-0.4, -0.2) is 30.5 Å². The van der Waals surface area contributed by atoms with Crippen LogP contribution in [0.5, 0.6) is 0 Å². The largest absolute Gasteiger partial charge is 0.478 e. The van der Waals surface area contributed by atoms with E-state index in [4.69, 9.17) is 14.6 Å².